The van der Waals surface area contributed by atoms with E-state index in [1.54, 1.807) is 0 Å². The number of hydrogen-bond donors (Lipinski definition) is 4. The summed E-state index contributed by atoms with van der Waals surface area (Å²) in [7, 11) is 0. The maximum Gasteiger partial charge on any atom is 4.00 e. The van der Waals surface area contributed by atoms with Crippen LogP contribution in [0.25, 0.3) is 0 Å². The standard InChI is InChI=1S/4C6H8O7.3Mo/c4*7-3(8)1-6(13,5(11)12)2-4(9)10;;;/h4*13H,1-2H2,(H,7,8)(H,9,10)(H,11,12);;;/q;;;;3*+4/p-12. The van der Waals surface area contributed by atoms with Gasteiger partial charge in [0, 0.05) is 99.1 Å². The molecule has 0 aliphatic rings. The Labute approximate surface area is 346 Å². The van der Waals surface area contributed by atoms with Crippen LogP contribution in [0.2, 0.25) is 0 Å². The maximum absolute atomic E-state index is 10.1. The van der Waals surface area contributed by atoms with Crippen LogP contribution in [0.3, 0.4) is 0 Å². The van der Waals surface area contributed by atoms with Crippen molar-refractivity contribution in [2.75, 3.05) is 0 Å². The summed E-state index contributed by atoms with van der Waals surface area (Å²) in [6.45, 7) is 0. The summed E-state index contributed by atoms with van der Waals surface area (Å²) >= 11 is 0. The van der Waals surface area contributed by atoms with E-state index in [9.17, 15) is 119 Å². The molecule has 0 aliphatic carbocycles. The molecule has 0 unspecified atom stereocenters. The Hall–Kier alpha value is -4.46. The monoisotopic (exact) mass is 1050 g/mol. The molecule has 0 amide bonds. The van der Waals surface area contributed by atoms with Crippen LogP contribution in [0.1, 0.15) is 51.4 Å². The fourth-order valence-electron chi connectivity index (χ4n) is 2.74. The second kappa shape index (κ2) is 28.9. The molecule has 0 spiro atoms. The van der Waals surface area contributed by atoms with E-state index in [-0.39, 0.29) is 63.2 Å². The first kappa shape index (κ1) is 65.4. The van der Waals surface area contributed by atoms with E-state index < -0.39 is 145 Å². The van der Waals surface area contributed by atoms with Gasteiger partial charge in [-0.05, 0) is 0 Å². The van der Waals surface area contributed by atoms with E-state index in [1.165, 1.54) is 0 Å². The first-order valence-electron chi connectivity index (χ1n) is 12.5. The smallest absolute Gasteiger partial charge is 0.550 e. The third-order valence-corrected chi connectivity index (χ3v) is 5.01. The molecule has 0 aliphatic heterocycles. The molecule has 0 radical (unpaired) electrons. The van der Waals surface area contributed by atoms with Crippen LogP contribution >= 0.6 is 0 Å². The molecule has 0 aromatic heterocycles. The SMILES string of the molecule is O=C([O-])CC(O)(CC(=O)[O-])C(=O)[O-].O=C([O-])CC(O)(CC(=O)[O-])C(=O)[O-].O=C([O-])CC(O)(CC(=O)[O-])C(=O)[O-].O=C([O-])CC(O)(CC(=O)[O-])C(=O)[O-].[Mo+4].[Mo+4].[Mo+4]. The van der Waals surface area contributed by atoms with E-state index >= 15 is 0 Å². The van der Waals surface area contributed by atoms with Gasteiger partial charge in [-0.25, -0.2) is 0 Å². The molecule has 0 rings (SSSR count). The minimum absolute atomic E-state index is 0. The fraction of sp³-hybridized carbons (Fsp3) is 0.500. The summed E-state index contributed by atoms with van der Waals surface area (Å²) in [5, 5.41) is 156. The fourth-order valence-corrected chi connectivity index (χ4v) is 2.74. The number of aliphatic carboxylic acids is 12. The van der Waals surface area contributed by atoms with Gasteiger partial charge >= 0.3 is 63.2 Å². The van der Waals surface area contributed by atoms with Crippen molar-refractivity contribution < 1.29 is 202 Å². The van der Waals surface area contributed by atoms with Crippen LogP contribution in [-0.2, 0) is 121 Å². The molecule has 55 heavy (non-hydrogen) atoms. The first-order valence-corrected chi connectivity index (χ1v) is 12.5. The average molecular weight is 1040 g/mol. The zero-order valence-corrected chi connectivity index (χ0v) is 32.5. The van der Waals surface area contributed by atoms with Gasteiger partial charge in [0.1, 0.15) is 22.4 Å². The molecular weight excluding hydrogens is 1020 g/mol. The quantitative estimate of drug-likeness (QED) is 0.0823. The number of carbonyl (C=O) groups is 12. The van der Waals surface area contributed by atoms with Gasteiger partial charge in [0.2, 0.25) is 0 Å². The molecule has 0 bridgehead atoms. The Kier molecular flexibility index (Phi) is 34.4. The Balaban J connectivity index is -0.000000110. The largest absolute Gasteiger partial charge is 4.00 e. The van der Waals surface area contributed by atoms with Crippen molar-refractivity contribution in [2.24, 2.45) is 0 Å². The third kappa shape index (κ3) is 31.6. The van der Waals surface area contributed by atoms with Crippen molar-refractivity contribution in [1.82, 2.24) is 0 Å². The molecule has 0 atom stereocenters. The molecule has 0 aromatic carbocycles. The molecule has 0 saturated carbocycles. The second-order valence-electron chi connectivity index (χ2n) is 9.67. The Morgan fingerprint density at radius 1 is 0.255 bits per heavy atom. The summed E-state index contributed by atoms with van der Waals surface area (Å²) in [5.41, 5.74) is -11.9. The maximum atomic E-state index is 10.1. The Morgan fingerprint density at radius 3 is 0.364 bits per heavy atom. The molecule has 28 nitrogen and oxygen atoms in total. The number of hydrogen-bond acceptors (Lipinski definition) is 28. The second-order valence-corrected chi connectivity index (χ2v) is 9.67. The summed E-state index contributed by atoms with van der Waals surface area (Å²) in [4.78, 5) is 120. The molecule has 4 N–H and O–H groups in total. The molecule has 0 fully saturated rings. The van der Waals surface area contributed by atoms with Gasteiger partial charge in [0.05, 0.1) is 23.9 Å². The van der Waals surface area contributed by atoms with Crippen molar-refractivity contribution in [3.8, 4) is 0 Å². The summed E-state index contributed by atoms with van der Waals surface area (Å²) < 4.78 is 0. The molecule has 0 heterocycles. The predicted molar refractivity (Wildman–Crippen MR) is 117 cm³/mol. The summed E-state index contributed by atoms with van der Waals surface area (Å²) in [5.74, 6) is -23.9. The van der Waals surface area contributed by atoms with E-state index in [4.69, 9.17) is 20.4 Å². The Morgan fingerprint density at radius 2 is 0.327 bits per heavy atom. The van der Waals surface area contributed by atoms with Crippen molar-refractivity contribution in [3.63, 3.8) is 0 Å². The number of carbonyl (C=O) groups excluding carboxylic acids is 12. The molecular formula is C24H20Mo3O28. The van der Waals surface area contributed by atoms with E-state index in [0.29, 0.717) is 0 Å². The average Bonchev–Trinajstić information content (AvgIpc) is 2.85. The topological polar surface area (TPSA) is 562 Å². The zero-order valence-electron chi connectivity index (χ0n) is 26.5. The summed E-state index contributed by atoms with van der Waals surface area (Å²) in [6, 6.07) is 0. The van der Waals surface area contributed by atoms with E-state index in [0.717, 1.165) is 0 Å². The first-order chi connectivity index (χ1) is 23.1. The van der Waals surface area contributed by atoms with Gasteiger partial charge in [0.15, 0.2) is 0 Å². The van der Waals surface area contributed by atoms with Gasteiger partial charge in [-0.1, -0.05) is 0 Å². The number of aliphatic hydroxyl groups is 4. The minimum Gasteiger partial charge on any atom is -0.550 e. The minimum atomic E-state index is -2.97. The normalized spacial score (nSPS) is 10.3. The number of rotatable bonds is 20. The van der Waals surface area contributed by atoms with Crippen molar-refractivity contribution in [3.05, 3.63) is 0 Å². The zero-order chi connectivity index (χ0) is 42.6. The van der Waals surface area contributed by atoms with E-state index in [1.807, 2.05) is 0 Å². The van der Waals surface area contributed by atoms with Crippen LogP contribution in [0.4, 0.5) is 0 Å². The Bertz CT molecular complexity index is 1130. The van der Waals surface area contributed by atoms with Crippen molar-refractivity contribution in [1.29, 1.82) is 0 Å². The van der Waals surface area contributed by atoms with Gasteiger partial charge in [-0.15, -0.1) is 0 Å². The van der Waals surface area contributed by atoms with Crippen LogP contribution in [-0.4, -0.2) is 114 Å². The van der Waals surface area contributed by atoms with E-state index in [2.05, 4.69) is 0 Å². The van der Waals surface area contributed by atoms with Crippen LogP contribution in [0.15, 0.2) is 0 Å². The van der Waals surface area contributed by atoms with Crippen LogP contribution in [0, 0.1) is 0 Å². The molecule has 0 aromatic rings. The number of carboxylic acids is 12. The third-order valence-electron chi connectivity index (χ3n) is 5.01. The molecule has 31 heteroatoms. The van der Waals surface area contributed by atoms with Gasteiger partial charge in [-0.2, -0.15) is 0 Å². The van der Waals surface area contributed by atoms with Gasteiger partial charge < -0.3 is 139 Å². The van der Waals surface area contributed by atoms with Gasteiger partial charge in [0.25, 0.3) is 0 Å². The molecule has 302 valence electrons. The number of carboxylic acid groups (broad SMARTS) is 12. The predicted octanol–water partition coefficient (Wildman–Crippen LogP) is -21.0. The summed E-state index contributed by atoms with van der Waals surface area (Å²) in [6.07, 6.45) is -10.9. The van der Waals surface area contributed by atoms with Crippen LogP contribution < -0.4 is 61.3 Å². The van der Waals surface area contributed by atoms with Gasteiger partial charge in [-0.3, -0.25) is 0 Å². The van der Waals surface area contributed by atoms with Crippen molar-refractivity contribution >= 4 is 71.6 Å². The van der Waals surface area contributed by atoms with Crippen LogP contribution in [0.5, 0.6) is 0 Å². The molecule has 0 saturated heterocycles. The van der Waals surface area contributed by atoms with Crippen molar-refractivity contribution in [2.45, 2.75) is 73.8 Å².